The van der Waals surface area contributed by atoms with Crippen molar-refractivity contribution in [2.45, 2.75) is 0 Å². The minimum absolute atomic E-state index is 0.204. The summed E-state index contributed by atoms with van der Waals surface area (Å²) in [6, 6.07) is 0. The molecular formula is C10H14N4O. The van der Waals surface area contributed by atoms with Crippen LogP contribution in [-0.4, -0.2) is 34.1 Å². The van der Waals surface area contributed by atoms with E-state index in [-0.39, 0.29) is 5.91 Å². The predicted octanol–water partition coefficient (Wildman–Crippen LogP) is 0.806. The molecule has 5 heteroatoms. The molecule has 0 unspecified atom stereocenters. The largest absolute Gasteiger partial charge is 0.396 e. The summed E-state index contributed by atoms with van der Waals surface area (Å²) >= 11 is 0. The van der Waals surface area contributed by atoms with E-state index in [1.54, 1.807) is 17.1 Å². The zero-order valence-corrected chi connectivity index (χ0v) is 8.44. The van der Waals surface area contributed by atoms with Gasteiger partial charge in [-0.2, -0.15) is 5.10 Å². The van der Waals surface area contributed by atoms with Gasteiger partial charge in [0.2, 0.25) is 0 Å². The minimum atomic E-state index is -0.204. The van der Waals surface area contributed by atoms with Gasteiger partial charge in [-0.15, -0.1) is 13.2 Å². The lowest BCUT2D eigenvalue weighted by atomic mass is 10.3. The monoisotopic (exact) mass is 206 g/mol. The van der Waals surface area contributed by atoms with Crippen molar-refractivity contribution in [2.24, 2.45) is 0 Å². The maximum Gasteiger partial charge on any atom is 0.274 e. The van der Waals surface area contributed by atoms with Crippen LogP contribution in [0, 0.1) is 0 Å². The number of nitrogens with one attached hydrogen (secondary N) is 1. The molecule has 80 valence electrons. The Labute approximate surface area is 88.3 Å². The summed E-state index contributed by atoms with van der Waals surface area (Å²) in [6.45, 7) is 8.06. The van der Waals surface area contributed by atoms with Crippen molar-refractivity contribution >= 4 is 11.6 Å². The number of carbonyl (C=O) groups excluding carboxylic acids is 1. The number of hydrogen-bond donors (Lipinski definition) is 2. The van der Waals surface area contributed by atoms with E-state index in [0.717, 1.165) is 0 Å². The van der Waals surface area contributed by atoms with Crippen LogP contribution in [-0.2, 0) is 0 Å². The number of nitrogen functional groups attached to an aromatic ring is 1. The molecule has 0 aromatic carbocycles. The normalized spacial score (nSPS) is 9.60. The fraction of sp³-hybridized carbons (Fsp3) is 0.200. The molecule has 1 aromatic rings. The fourth-order valence-electron chi connectivity index (χ4n) is 1.18. The van der Waals surface area contributed by atoms with Gasteiger partial charge in [0.1, 0.15) is 5.69 Å². The van der Waals surface area contributed by atoms with Crippen molar-refractivity contribution in [1.82, 2.24) is 15.1 Å². The Morgan fingerprint density at radius 1 is 1.53 bits per heavy atom. The van der Waals surface area contributed by atoms with Crippen LogP contribution in [0.15, 0.2) is 31.5 Å². The fourth-order valence-corrected chi connectivity index (χ4v) is 1.18. The first-order valence-electron chi connectivity index (χ1n) is 4.50. The Hall–Kier alpha value is -2.04. The third-order valence-corrected chi connectivity index (χ3v) is 1.87. The number of nitrogens with two attached hydrogens (primary N) is 1. The van der Waals surface area contributed by atoms with Crippen molar-refractivity contribution in [3.8, 4) is 0 Å². The number of aromatic nitrogens is 2. The molecule has 0 atom stereocenters. The molecule has 1 amide bonds. The van der Waals surface area contributed by atoms with Gasteiger partial charge in [-0.3, -0.25) is 9.89 Å². The van der Waals surface area contributed by atoms with Gasteiger partial charge < -0.3 is 10.6 Å². The van der Waals surface area contributed by atoms with E-state index < -0.39 is 0 Å². The topological polar surface area (TPSA) is 75.0 Å². The summed E-state index contributed by atoms with van der Waals surface area (Å²) in [6.07, 6.45) is 4.70. The van der Waals surface area contributed by atoms with Gasteiger partial charge in [0, 0.05) is 13.1 Å². The third kappa shape index (κ3) is 2.46. The second-order valence-corrected chi connectivity index (χ2v) is 2.99. The van der Waals surface area contributed by atoms with Gasteiger partial charge in [-0.05, 0) is 0 Å². The molecule has 0 aliphatic carbocycles. The van der Waals surface area contributed by atoms with Gasteiger partial charge in [-0.1, -0.05) is 12.2 Å². The molecule has 3 N–H and O–H groups in total. The second kappa shape index (κ2) is 4.99. The van der Waals surface area contributed by atoms with Crippen molar-refractivity contribution in [2.75, 3.05) is 18.8 Å². The van der Waals surface area contributed by atoms with E-state index >= 15 is 0 Å². The van der Waals surface area contributed by atoms with Crippen molar-refractivity contribution in [3.05, 3.63) is 37.2 Å². The minimum Gasteiger partial charge on any atom is -0.396 e. The molecule has 1 aromatic heterocycles. The molecule has 0 spiro atoms. The molecule has 1 rings (SSSR count). The first-order valence-corrected chi connectivity index (χ1v) is 4.50. The molecular weight excluding hydrogens is 192 g/mol. The van der Waals surface area contributed by atoms with Crippen molar-refractivity contribution < 1.29 is 4.79 Å². The standard InChI is InChI=1S/C10H14N4O/c1-3-5-14(6-4-2)10(15)9-8(11)7-12-13-9/h3-4,7H,1-2,5-6,11H2,(H,12,13). The van der Waals surface area contributed by atoms with Gasteiger partial charge in [0.25, 0.3) is 5.91 Å². The molecule has 1 heterocycles. The van der Waals surface area contributed by atoms with E-state index in [1.165, 1.54) is 6.20 Å². The SMILES string of the molecule is C=CCN(CC=C)C(=O)c1[nH]ncc1N. The number of H-pyrrole nitrogens is 1. The average Bonchev–Trinajstić information content (AvgIpc) is 2.63. The lowest BCUT2D eigenvalue weighted by Crippen LogP contribution is -2.32. The number of rotatable bonds is 5. The molecule has 0 aliphatic rings. The lowest BCUT2D eigenvalue weighted by Gasteiger charge is -2.18. The third-order valence-electron chi connectivity index (χ3n) is 1.87. The summed E-state index contributed by atoms with van der Waals surface area (Å²) in [7, 11) is 0. The first-order chi connectivity index (χ1) is 7.20. The van der Waals surface area contributed by atoms with Crippen LogP contribution in [0.1, 0.15) is 10.5 Å². The Morgan fingerprint density at radius 2 is 2.13 bits per heavy atom. The van der Waals surface area contributed by atoms with Gasteiger partial charge in [0.05, 0.1) is 11.9 Å². The number of anilines is 1. The Balaban J connectivity index is 2.84. The number of carbonyl (C=O) groups is 1. The van der Waals surface area contributed by atoms with E-state index in [4.69, 9.17) is 5.73 Å². The zero-order chi connectivity index (χ0) is 11.3. The summed E-state index contributed by atoms with van der Waals surface area (Å²) in [4.78, 5) is 13.4. The lowest BCUT2D eigenvalue weighted by molar-refractivity contribution is 0.0786. The molecule has 0 aliphatic heterocycles. The molecule has 0 bridgehead atoms. The highest BCUT2D eigenvalue weighted by Gasteiger charge is 2.17. The zero-order valence-electron chi connectivity index (χ0n) is 8.44. The first kappa shape index (κ1) is 11.0. The van der Waals surface area contributed by atoms with E-state index in [0.29, 0.717) is 24.5 Å². The molecule has 0 radical (unpaired) electrons. The van der Waals surface area contributed by atoms with Crippen LogP contribution in [0.5, 0.6) is 0 Å². The van der Waals surface area contributed by atoms with Crippen LogP contribution < -0.4 is 5.73 Å². The number of hydrogen-bond acceptors (Lipinski definition) is 3. The summed E-state index contributed by atoms with van der Waals surface area (Å²) in [5.74, 6) is -0.204. The van der Waals surface area contributed by atoms with Gasteiger partial charge in [0.15, 0.2) is 0 Å². The van der Waals surface area contributed by atoms with Crippen LogP contribution in [0.2, 0.25) is 0 Å². The average molecular weight is 206 g/mol. The molecule has 15 heavy (non-hydrogen) atoms. The van der Waals surface area contributed by atoms with Crippen LogP contribution in [0.4, 0.5) is 5.69 Å². The Bertz CT molecular complexity index is 359. The quantitative estimate of drug-likeness (QED) is 0.700. The number of nitrogens with zero attached hydrogens (tertiary/aromatic N) is 2. The number of amides is 1. The highest BCUT2D eigenvalue weighted by Crippen LogP contribution is 2.09. The van der Waals surface area contributed by atoms with Crippen LogP contribution in [0.3, 0.4) is 0 Å². The van der Waals surface area contributed by atoms with Crippen molar-refractivity contribution in [1.29, 1.82) is 0 Å². The number of aromatic amines is 1. The van der Waals surface area contributed by atoms with Crippen LogP contribution >= 0.6 is 0 Å². The van der Waals surface area contributed by atoms with Gasteiger partial charge in [-0.25, -0.2) is 0 Å². The maximum atomic E-state index is 11.9. The highest BCUT2D eigenvalue weighted by atomic mass is 16.2. The summed E-state index contributed by atoms with van der Waals surface area (Å²) in [5.41, 5.74) is 6.23. The summed E-state index contributed by atoms with van der Waals surface area (Å²) in [5, 5.41) is 6.26. The Morgan fingerprint density at radius 3 is 2.53 bits per heavy atom. The van der Waals surface area contributed by atoms with Crippen molar-refractivity contribution in [3.63, 3.8) is 0 Å². The highest BCUT2D eigenvalue weighted by molar-refractivity contribution is 5.97. The summed E-state index contributed by atoms with van der Waals surface area (Å²) < 4.78 is 0. The van der Waals surface area contributed by atoms with Crippen LogP contribution in [0.25, 0.3) is 0 Å². The molecule has 5 nitrogen and oxygen atoms in total. The molecule has 0 fully saturated rings. The predicted molar refractivity (Wildman–Crippen MR) is 59.3 cm³/mol. The van der Waals surface area contributed by atoms with E-state index in [9.17, 15) is 4.79 Å². The van der Waals surface area contributed by atoms with E-state index in [1.807, 2.05) is 0 Å². The Kier molecular flexibility index (Phi) is 3.68. The smallest absolute Gasteiger partial charge is 0.274 e. The van der Waals surface area contributed by atoms with Gasteiger partial charge >= 0.3 is 0 Å². The molecule has 0 saturated heterocycles. The van der Waals surface area contributed by atoms with E-state index in [2.05, 4.69) is 23.4 Å². The second-order valence-electron chi connectivity index (χ2n) is 2.99. The molecule has 0 saturated carbocycles. The maximum absolute atomic E-state index is 11.9.